The topological polar surface area (TPSA) is 0 Å². The predicted octanol–water partition coefficient (Wildman–Crippen LogP) is 3.16. The highest BCUT2D eigenvalue weighted by atomic mass is 14.4. The highest BCUT2D eigenvalue weighted by Crippen LogP contribution is 2.49. The molecule has 0 radical (unpaired) electrons. The largest absolute Gasteiger partial charge is 0.0953 e. The van der Waals surface area contributed by atoms with Crippen LogP contribution in [0.3, 0.4) is 0 Å². The summed E-state index contributed by atoms with van der Waals surface area (Å²) >= 11 is 0. The fraction of sp³-hybridized carbons (Fsp3) is 0.600. The van der Waals surface area contributed by atoms with Crippen molar-refractivity contribution in [2.45, 2.75) is 27.7 Å². The monoisotopic (exact) mass is 136 g/mol. The van der Waals surface area contributed by atoms with E-state index >= 15 is 0 Å². The molecule has 0 aliphatic heterocycles. The van der Waals surface area contributed by atoms with Gasteiger partial charge < -0.3 is 0 Å². The molecule has 10 heavy (non-hydrogen) atoms. The van der Waals surface area contributed by atoms with E-state index < -0.39 is 0 Å². The van der Waals surface area contributed by atoms with Crippen molar-refractivity contribution in [3.8, 4) is 0 Å². The van der Waals surface area contributed by atoms with Crippen LogP contribution in [0, 0.1) is 10.8 Å². The van der Waals surface area contributed by atoms with Gasteiger partial charge in [-0.2, -0.15) is 0 Å². The molecule has 0 amide bonds. The summed E-state index contributed by atoms with van der Waals surface area (Å²) < 4.78 is 0. The zero-order valence-corrected chi connectivity index (χ0v) is 7.36. The maximum Gasteiger partial charge on any atom is -0.00238 e. The summed E-state index contributed by atoms with van der Waals surface area (Å²) in [6.45, 7) is 13.0. The first-order valence-electron chi connectivity index (χ1n) is 3.76. The Morgan fingerprint density at radius 3 is 1.80 bits per heavy atom. The molecule has 0 heterocycles. The average molecular weight is 136 g/mol. The van der Waals surface area contributed by atoms with Gasteiger partial charge in [-0.3, -0.25) is 0 Å². The molecule has 0 saturated heterocycles. The normalized spacial score (nSPS) is 27.4. The van der Waals surface area contributed by atoms with E-state index in [9.17, 15) is 0 Å². The molecule has 0 N–H and O–H groups in total. The lowest BCUT2D eigenvalue weighted by Crippen LogP contribution is -2.27. The molecule has 1 aliphatic carbocycles. The van der Waals surface area contributed by atoms with Gasteiger partial charge in [-0.25, -0.2) is 0 Å². The lowest BCUT2D eigenvalue weighted by Gasteiger charge is -2.35. The molecule has 1 rings (SSSR count). The van der Waals surface area contributed by atoms with E-state index in [1.54, 1.807) is 0 Å². The van der Waals surface area contributed by atoms with Crippen molar-refractivity contribution >= 4 is 0 Å². The van der Waals surface area contributed by atoms with Gasteiger partial charge in [0.25, 0.3) is 0 Å². The van der Waals surface area contributed by atoms with Crippen molar-refractivity contribution in [3.05, 3.63) is 24.3 Å². The molecule has 0 nitrogen and oxygen atoms in total. The van der Waals surface area contributed by atoms with Crippen molar-refractivity contribution < 1.29 is 0 Å². The number of hydrogen-bond donors (Lipinski definition) is 0. The minimum Gasteiger partial charge on any atom is -0.0953 e. The highest BCUT2D eigenvalue weighted by Gasteiger charge is 2.39. The summed E-state index contributed by atoms with van der Waals surface area (Å²) in [6, 6.07) is 0. The Kier molecular flexibility index (Phi) is 1.33. The van der Waals surface area contributed by atoms with Crippen molar-refractivity contribution in [1.29, 1.82) is 0 Å². The summed E-state index contributed by atoms with van der Waals surface area (Å²) in [5, 5.41) is 0. The number of rotatable bonds is 0. The second kappa shape index (κ2) is 1.75. The second-order valence-electron chi connectivity index (χ2n) is 4.21. The van der Waals surface area contributed by atoms with E-state index in [1.807, 2.05) is 0 Å². The van der Waals surface area contributed by atoms with E-state index in [1.165, 1.54) is 5.57 Å². The molecule has 0 aromatic carbocycles. The Morgan fingerprint density at radius 2 is 1.70 bits per heavy atom. The first-order valence-corrected chi connectivity index (χ1v) is 3.76. The molecule has 0 atom stereocenters. The molecule has 0 unspecified atom stereocenters. The van der Waals surface area contributed by atoms with Crippen LogP contribution < -0.4 is 0 Å². The van der Waals surface area contributed by atoms with Gasteiger partial charge in [-0.15, -0.1) is 0 Å². The molecule has 0 heteroatoms. The van der Waals surface area contributed by atoms with Crippen LogP contribution in [0.5, 0.6) is 0 Å². The van der Waals surface area contributed by atoms with Gasteiger partial charge in [0, 0.05) is 0 Å². The Labute approximate surface area is 63.6 Å². The standard InChI is InChI=1S/C10H16/c1-8-6-7-9(2,3)10(8,4)5/h6-7H,1H2,2-5H3. The van der Waals surface area contributed by atoms with Crippen LogP contribution in [0.2, 0.25) is 0 Å². The summed E-state index contributed by atoms with van der Waals surface area (Å²) in [4.78, 5) is 0. The predicted molar refractivity (Wildman–Crippen MR) is 45.8 cm³/mol. The third kappa shape index (κ3) is 0.749. The Morgan fingerprint density at radius 1 is 1.20 bits per heavy atom. The van der Waals surface area contributed by atoms with Crippen molar-refractivity contribution in [3.63, 3.8) is 0 Å². The van der Waals surface area contributed by atoms with Gasteiger partial charge in [0.1, 0.15) is 0 Å². The minimum atomic E-state index is 0.243. The maximum absolute atomic E-state index is 4.02. The average Bonchev–Trinajstić information content (AvgIpc) is 1.94. The zero-order chi connectivity index (χ0) is 7.99. The first-order chi connectivity index (χ1) is 4.38. The number of hydrogen-bond acceptors (Lipinski definition) is 0. The molecule has 0 aromatic heterocycles. The molecule has 0 fully saturated rings. The molecule has 0 bridgehead atoms. The SMILES string of the molecule is C=C1C=CC(C)(C)C1(C)C. The van der Waals surface area contributed by atoms with Gasteiger partial charge in [0.15, 0.2) is 0 Å². The summed E-state index contributed by atoms with van der Waals surface area (Å²) in [7, 11) is 0. The van der Waals surface area contributed by atoms with Crippen molar-refractivity contribution in [1.82, 2.24) is 0 Å². The van der Waals surface area contributed by atoms with Crippen LogP contribution in [0.25, 0.3) is 0 Å². The van der Waals surface area contributed by atoms with Crippen LogP contribution in [0.1, 0.15) is 27.7 Å². The van der Waals surface area contributed by atoms with Gasteiger partial charge in [0.05, 0.1) is 0 Å². The quantitative estimate of drug-likeness (QED) is 0.480. The van der Waals surface area contributed by atoms with E-state index in [-0.39, 0.29) is 10.8 Å². The summed E-state index contributed by atoms with van der Waals surface area (Å²) in [5.74, 6) is 0. The zero-order valence-electron chi connectivity index (χ0n) is 7.36. The maximum atomic E-state index is 4.02. The molecular weight excluding hydrogens is 120 g/mol. The van der Waals surface area contributed by atoms with Crippen LogP contribution in [-0.4, -0.2) is 0 Å². The second-order valence-corrected chi connectivity index (χ2v) is 4.21. The Bertz CT molecular complexity index is 192. The number of allylic oxidation sites excluding steroid dienone is 3. The fourth-order valence-corrected chi connectivity index (χ4v) is 1.14. The molecule has 0 spiro atoms. The lowest BCUT2D eigenvalue weighted by molar-refractivity contribution is 0.237. The van der Waals surface area contributed by atoms with Crippen LogP contribution in [0.4, 0.5) is 0 Å². The van der Waals surface area contributed by atoms with Gasteiger partial charge >= 0.3 is 0 Å². The van der Waals surface area contributed by atoms with Gasteiger partial charge in [-0.1, -0.05) is 46.4 Å². The van der Waals surface area contributed by atoms with E-state index in [2.05, 4.69) is 46.4 Å². The van der Waals surface area contributed by atoms with E-state index in [0.717, 1.165) is 0 Å². The third-order valence-corrected chi connectivity index (χ3v) is 3.11. The first kappa shape index (κ1) is 7.59. The van der Waals surface area contributed by atoms with Crippen LogP contribution >= 0.6 is 0 Å². The highest BCUT2D eigenvalue weighted by molar-refractivity contribution is 5.34. The fourth-order valence-electron chi connectivity index (χ4n) is 1.14. The summed E-state index contributed by atoms with van der Waals surface area (Å²) in [5.41, 5.74) is 1.77. The van der Waals surface area contributed by atoms with E-state index in [4.69, 9.17) is 0 Å². The Hall–Kier alpha value is -0.520. The van der Waals surface area contributed by atoms with Crippen LogP contribution in [-0.2, 0) is 0 Å². The minimum absolute atomic E-state index is 0.243. The molecule has 56 valence electrons. The molecule has 1 aliphatic rings. The molecule has 0 aromatic rings. The van der Waals surface area contributed by atoms with Gasteiger partial charge in [-0.05, 0) is 16.4 Å². The Balaban J connectivity index is 3.05. The van der Waals surface area contributed by atoms with Crippen LogP contribution in [0.15, 0.2) is 24.3 Å². The van der Waals surface area contributed by atoms with Crippen molar-refractivity contribution in [2.24, 2.45) is 10.8 Å². The van der Waals surface area contributed by atoms with E-state index in [0.29, 0.717) is 0 Å². The molecule has 0 saturated carbocycles. The molecular formula is C10H16. The summed E-state index contributed by atoms with van der Waals surface area (Å²) in [6.07, 6.45) is 4.38. The third-order valence-electron chi connectivity index (χ3n) is 3.11. The van der Waals surface area contributed by atoms with Crippen molar-refractivity contribution in [2.75, 3.05) is 0 Å². The smallest absolute Gasteiger partial charge is 0.00238 e. The lowest BCUT2D eigenvalue weighted by atomic mass is 9.69. The van der Waals surface area contributed by atoms with Gasteiger partial charge in [0.2, 0.25) is 0 Å².